The van der Waals surface area contributed by atoms with E-state index in [1.807, 2.05) is 37.3 Å². The zero-order chi connectivity index (χ0) is 18.8. The smallest absolute Gasteiger partial charge is 0.221 e. The van der Waals surface area contributed by atoms with E-state index in [1.165, 1.54) is 12.8 Å². The second-order valence-corrected chi connectivity index (χ2v) is 7.28. The van der Waals surface area contributed by atoms with Crippen molar-refractivity contribution in [3.05, 3.63) is 41.6 Å². The molecule has 1 aliphatic rings. The summed E-state index contributed by atoms with van der Waals surface area (Å²) in [7, 11) is 0. The van der Waals surface area contributed by atoms with Gasteiger partial charge in [-0.15, -0.1) is 0 Å². The molecule has 1 fully saturated rings. The Balaban J connectivity index is 0.00000225. The van der Waals surface area contributed by atoms with Crippen LogP contribution in [0.4, 0.5) is 5.82 Å². The van der Waals surface area contributed by atoms with Crippen molar-refractivity contribution in [3.8, 4) is 11.4 Å². The Hall–Kier alpha value is -2.89. The molecule has 0 unspecified atom stereocenters. The Bertz CT molecular complexity index is 966. The van der Waals surface area contributed by atoms with Gasteiger partial charge in [0.2, 0.25) is 5.91 Å². The molecule has 2 heterocycles. The Morgan fingerprint density at radius 3 is 2.74 bits per heavy atom. The van der Waals surface area contributed by atoms with Gasteiger partial charge in [0.1, 0.15) is 11.5 Å². The standard InChI is InChI=1S/C21H25N5O.H2/c1-13-14(2)24-21-18(13)20(22-11-10-17(27)23-12-15-8-9-15)25-19(26-21)16-6-4-3-5-7-16;/h3-7,15H,8-12H2,1-2H3,(H,23,27)(H2,22,24,25,26);1H. The number of nitrogens with zero attached hydrogens (tertiary/aromatic N) is 2. The predicted octanol–water partition coefficient (Wildman–Crippen LogP) is 3.82. The van der Waals surface area contributed by atoms with Crippen LogP contribution in [0.2, 0.25) is 0 Å². The Morgan fingerprint density at radius 2 is 2.00 bits per heavy atom. The number of amides is 1. The van der Waals surface area contributed by atoms with Crippen molar-refractivity contribution < 1.29 is 6.22 Å². The lowest BCUT2D eigenvalue weighted by Crippen LogP contribution is -2.27. The maximum Gasteiger partial charge on any atom is 0.221 e. The average molecular weight is 365 g/mol. The summed E-state index contributed by atoms with van der Waals surface area (Å²) in [5, 5.41) is 7.35. The fourth-order valence-electron chi connectivity index (χ4n) is 3.17. The molecule has 3 N–H and O–H groups in total. The molecule has 6 nitrogen and oxygen atoms in total. The molecular weight excluding hydrogens is 338 g/mol. The van der Waals surface area contributed by atoms with Crippen LogP contribution in [-0.4, -0.2) is 33.9 Å². The molecule has 2 aromatic heterocycles. The number of aromatic nitrogens is 3. The van der Waals surface area contributed by atoms with E-state index in [-0.39, 0.29) is 7.33 Å². The van der Waals surface area contributed by atoms with E-state index in [0.29, 0.717) is 24.7 Å². The summed E-state index contributed by atoms with van der Waals surface area (Å²) >= 11 is 0. The molecule has 142 valence electrons. The first-order valence-corrected chi connectivity index (χ1v) is 9.54. The van der Waals surface area contributed by atoms with Crippen LogP contribution in [0.25, 0.3) is 22.4 Å². The van der Waals surface area contributed by atoms with Crippen molar-refractivity contribution >= 4 is 22.8 Å². The Morgan fingerprint density at radius 1 is 1.22 bits per heavy atom. The quantitative estimate of drug-likeness (QED) is 0.594. The molecule has 0 atom stereocenters. The van der Waals surface area contributed by atoms with Crippen LogP contribution in [0.1, 0.15) is 31.9 Å². The van der Waals surface area contributed by atoms with Gasteiger partial charge in [0, 0.05) is 32.2 Å². The van der Waals surface area contributed by atoms with Crippen LogP contribution in [0, 0.1) is 19.8 Å². The second-order valence-electron chi connectivity index (χ2n) is 7.28. The maximum absolute atomic E-state index is 12.0. The minimum absolute atomic E-state index is 0. The summed E-state index contributed by atoms with van der Waals surface area (Å²) in [6, 6.07) is 9.93. The third-order valence-electron chi connectivity index (χ3n) is 5.11. The Kier molecular flexibility index (Phi) is 4.79. The summed E-state index contributed by atoms with van der Waals surface area (Å²) in [5.41, 5.74) is 3.99. The molecule has 0 aliphatic heterocycles. The number of hydrogen-bond donors (Lipinski definition) is 3. The summed E-state index contributed by atoms with van der Waals surface area (Å²) < 4.78 is 0. The van der Waals surface area contributed by atoms with E-state index in [9.17, 15) is 4.79 Å². The minimum Gasteiger partial charge on any atom is -0.369 e. The van der Waals surface area contributed by atoms with Gasteiger partial charge in [-0.3, -0.25) is 4.79 Å². The highest BCUT2D eigenvalue weighted by atomic mass is 16.1. The molecule has 0 spiro atoms. The first kappa shape index (κ1) is 17.5. The van der Waals surface area contributed by atoms with E-state index >= 15 is 0 Å². The lowest BCUT2D eigenvalue weighted by atomic mass is 10.2. The molecule has 4 rings (SSSR count). The fraction of sp³-hybridized carbons (Fsp3) is 0.381. The number of fused-ring (bicyclic) bond motifs is 1. The lowest BCUT2D eigenvalue weighted by Gasteiger charge is -2.10. The highest BCUT2D eigenvalue weighted by Crippen LogP contribution is 2.29. The molecule has 27 heavy (non-hydrogen) atoms. The fourth-order valence-corrected chi connectivity index (χ4v) is 3.17. The van der Waals surface area contributed by atoms with Crippen LogP contribution >= 0.6 is 0 Å². The van der Waals surface area contributed by atoms with Crippen molar-refractivity contribution in [3.63, 3.8) is 0 Å². The third-order valence-corrected chi connectivity index (χ3v) is 5.11. The molecule has 1 aromatic carbocycles. The number of anilines is 1. The number of benzene rings is 1. The monoisotopic (exact) mass is 365 g/mol. The molecule has 1 saturated carbocycles. The summed E-state index contributed by atoms with van der Waals surface area (Å²) in [6.45, 7) is 5.45. The molecule has 0 bridgehead atoms. The van der Waals surface area contributed by atoms with Gasteiger partial charge in [0.15, 0.2) is 5.82 Å². The first-order valence-electron chi connectivity index (χ1n) is 9.54. The summed E-state index contributed by atoms with van der Waals surface area (Å²) in [4.78, 5) is 24.8. The zero-order valence-corrected chi connectivity index (χ0v) is 15.8. The number of aryl methyl sites for hydroxylation is 2. The zero-order valence-electron chi connectivity index (χ0n) is 15.8. The maximum atomic E-state index is 12.0. The number of nitrogens with one attached hydrogen (secondary N) is 3. The van der Waals surface area contributed by atoms with Crippen molar-refractivity contribution in [2.45, 2.75) is 33.1 Å². The first-order chi connectivity index (χ1) is 13.1. The SMILES string of the molecule is Cc1[nH]c2nc(-c3ccccc3)nc(NCCC(=O)NCC3CC3)c2c1C.[HH]. The predicted molar refractivity (Wildman–Crippen MR) is 110 cm³/mol. The minimum atomic E-state index is 0. The van der Waals surface area contributed by atoms with Gasteiger partial charge in [0.25, 0.3) is 0 Å². The van der Waals surface area contributed by atoms with Crippen molar-refractivity contribution in [1.82, 2.24) is 20.3 Å². The van der Waals surface area contributed by atoms with Gasteiger partial charge in [-0.1, -0.05) is 30.3 Å². The molecule has 3 aromatic rings. The number of rotatable bonds is 7. The number of carbonyl (C=O) groups excluding carboxylic acids is 1. The van der Waals surface area contributed by atoms with Gasteiger partial charge < -0.3 is 15.6 Å². The van der Waals surface area contributed by atoms with Crippen LogP contribution in [0.15, 0.2) is 30.3 Å². The van der Waals surface area contributed by atoms with E-state index in [0.717, 1.165) is 40.2 Å². The van der Waals surface area contributed by atoms with E-state index in [4.69, 9.17) is 9.97 Å². The van der Waals surface area contributed by atoms with Gasteiger partial charge in [-0.05, 0) is 38.2 Å². The third kappa shape index (κ3) is 3.94. The van der Waals surface area contributed by atoms with E-state index in [2.05, 4.69) is 22.5 Å². The number of aromatic amines is 1. The van der Waals surface area contributed by atoms with E-state index < -0.39 is 0 Å². The molecule has 6 heteroatoms. The Labute approximate surface area is 160 Å². The van der Waals surface area contributed by atoms with Crippen molar-refractivity contribution in [2.24, 2.45) is 5.92 Å². The average Bonchev–Trinajstić information content (AvgIpc) is 3.46. The lowest BCUT2D eigenvalue weighted by molar-refractivity contribution is -0.120. The van der Waals surface area contributed by atoms with Crippen molar-refractivity contribution in [2.75, 3.05) is 18.4 Å². The normalized spacial score (nSPS) is 13.7. The number of H-pyrrole nitrogens is 1. The molecule has 0 radical (unpaired) electrons. The van der Waals surface area contributed by atoms with Crippen LogP contribution in [0.5, 0.6) is 0 Å². The van der Waals surface area contributed by atoms with Gasteiger partial charge in [-0.25, -0.2) is 9.97 Å². The molecule has 0 saturated heterocycles. The van der Waals surface area contributed by atoms with Crippen LogP contribution in [-0.2, 0) is 4.79 Å². The van der Waals surface area contributed by atoms with Crippen molar-refractivity contribution in [1.29, 1.82) is 0 Å². The highest BCUT2D eigenvalue weighted by Gasteiger charge is 2.21. The summed E-state index contributed by atoms with van der Waals surface area (Å²) in [5.74, 6) is 2.23. The second kappa shape index (κ2) is 7.39. The number of carbonyl (C=O) groups is 1. The highest BCUT2D eigenvalue weighted by molar-refractivity contribution is 5.93. The van der Waals surface area contributed by atoms with Crippen LogP contribution < -0.4 is 10.6 Å². The number of hydrogen-bond acceptors (Lipinski definition) is 4. The van der Waals surface area contributed by atoms with Gasteiger partial charge >= 0.3 is 0 Å². The topological polar surface area (TPSA) is 82.7 Å². The van der Waals surface area contributed by atoms with Gasteiger partial charge in [0.05, 0.1) is 5.39 Å². The van der Waals surface area contributed by atoms with Crippen LogP contribution in [0.3, 0.4) is 0 Å². The molecule has 1 amide bonds. The van der Waals surface area contributed by atoms with Gasteiger partial charge in [-0.2, -0.15) is 0 Å². The summed E-state index contributed by atoms with van der Waals surface area (Å²) in [6.07, 6.45) is 2.92. The largest absolute Gasteiger partial charge is 0.369 e. The van der Waals surface area contributed by atoms with E-state index in [1.54, 1.807) is 0 Å². The molecule has 1 aliphatic carbocycles. The molecular formula is C21H27N5O.